The SMILES string of the molecule is CC1CC(C2CCCCC2)NCC1[SiH](C)C. The Morgan fingerprint density at radius 3 is 2.31 bits per heavy atom. The highest BCUT2D eigenvalue weighted by molar-refractivity contribution is 6.57. The number of hydrogen-bond donors (Lipinski definition) is 1. The molecule has 2 rings (SSSR count). The van der Waals surface area contributed by atoms with Gasteiger partial charge in [-0.25, -0.2) is 0 Å². The van der Waals surface area contributed by atoms with Crippen LogP contribution < -0.4 is 5.32 Å². The highest BCUT2D eigenvalue weighted by atomic mass is 28.3. The van der Waals surface area contributed by atoms with Crippen LogP contribution in [0.15, 0.2) is 0 Å². The molecule has 1 aliphatic carbocycles. The number of hydrogen-bond acceptors (Lipinski definition) is 1. The van der Waals surface area contributed by atoms with Crippen molar-refractivity contribution in [1.82, 2.24) is 5.32 Å². The maximum absolute atomic E-state index is 3.89. The van der Waals surface area contributed by atoms with Crippen LogP contribution in [0.2, 0.25) is 18.6 Å². The van der Waals surface area contributed by atoms with Gasteiger partial charge in [-0.05, 0) is 43.2 Å². The van der Waals surface area contributed by atoms with Gasteiger partial charge in [0.1, 0.15) is 0 Å². The van der Waals surface area contributed by atoms with Gasteiger partial charge in [0, 0.05) is 14.8 Å². The average molecular weight is 239 g/mol. The molecule has 0 aromatic heterocycles. The molecule has 94 valence electrons. The van der Waals surface area contributed by atoms with Crippen molar-refractivity contribution in [2.75, 3.05) is 6.54 Å². The molecular formula is C14H29NSi. The van der Waals surface area contributed by atoms with Crippen LogP contribution in [0, 0.1) is 11.8 Å². The van der Waals surface area contributed by atoms with E-state index in [1.54, 1.807) is 0 Å². The fourth-order valence-electron chi connectivity index (χ4n) is 3.94. The van der Waals surface area contributed by atoms with Crippen molar-refractivity contribution in [3.8, 4) is 0 Å². The van der Waals surface area contributed by atoms with E-state index in [0.717, 1.165) is 23.4 Å². The van der Waals surface area contributed by atoms with Crippen LogP contribution >= 0.6 is 0 Å². The summed E-state index contributed by atoms with van der Waals surface area (Å²) in [5.41, 5.74) is 1.04. The smallest absolute Gasteiger partial charge is 0.0356 e. The summed E-state index contributed by atoms with van der Waals surface area (Å²) in [5.74, 6) is 1.99. The van der Waals surface area contributed by atoms with Gasteiger partial charge < -0.3 is 5.32 Å². The molecule has 0 spiro atoms. The Bertz CT molecular complexity index is 211. The first-order valence-corrected chi connectivity index (χ1v) is 10.4. The maximum atomic E-state index is 3.89. The number of rotatable bonds is 2. The van der Waals surface area contributed by atoms with Gasteiger partial charge >= 0.3 is 0 Å². The third kappa shape index (κ3) is 2.89. The molecule has 0 radical (unpaired) electrons. The van der Waals surface area contributed by atoms with Crippen LogP contribution in [0.3, 0.4) is 0 Å². The van der Waals surface area contributed by atoms with Crippen molar-refractivity contribution in [2.45, 2.75) is 70.1 Å². The summed E-state index contributed by atoms with van der Waals surface area (Å²) in [7, 11) is -0.442. The molecule has 0 aromatic rings. The van der Waals surface area contributed by atoms with Crippen LogP contribution in [0.4, 0.5) is 0 Å². The second-order valence-electron chi connectivity index (χ2n) is 6.53. The van der Waals surface area contributed by atoms with Crippen molar-refractivity contribution in [1.29, 1.82) is 0 Å². The number of nitrogens with one attached hydrogen (secondary N) is 1. The third-order valence-electron chi connectivity index (χ3n) is 5.05. The summed E-state index contributed by atoms with van der Waals surface area (Å²) in [4.78, 5) is 0. The Morgan fingerprint density at radius 1 is 1.06 bits per heavy atom. The van der Waals surface area contributed by atoms with Crippen LogP contribution in [-0.2, 0) is 0 Å². The summed E-state index contributed by atoms with van der Waals surface area (Å²) in [6, 6.07) is 0.860. The van der Waals surface area contributed by atoms with Crippen molar-refractivity contribution < 1.29 is 0 Å². The van der Waals surface area contributed by atoms with Gasteiger partial charge in [0.15, 0.2) is 0 Å². The number of piperidine rings is 1. The molecule has 1 nitrogen and oxygen atoms in total. The minimum Gasteiger partial charge on any atom is -0.314 e. The van der Waals surface area contributed by atoms with E-state index >= 15 is 0 Å². The zero-order chi connectivity index (χ0) is 11.5. The molecule has 1 N–H and O–H groups in total. The average Bonchev–Trinajstić information content (AvgIpc) is 2.29. The summed E-state index contributed by atoms with van der Waals surface area (Å²) < 4.78 is 0. The summed E-state index contributed by atoms with van der Waals surface area (Å²) in [6.45, 7) is 8.87. The molecule has 2 aliphatic rings. The quantitative estimate of drug-likeness (QED) is 0.728. The van der Waals surface area contributed by atoms with E-state index < -0.39 is 8.80 Å². The molecule has 1 saturated carbocycles. The van der Waals surface area contributed by atoms with Crippen LogP contribution in [0.25, 0.3) is 0 Å². The lowest BCUT2D eigenvalue weighted by Gasteiger charge is -2.41. The van der Waals surface area contributed by atoms with Crippen molar-refractivity contribution in [3.63, 3.8) is 0 Å². The molecule has 1 aliphatic heterocycles. The zero-order valence-corrected chi connectivity index (χ0v) is 12.5. The van der Waals surface area contributed by atoms with Crippen molar-refractivity contribution in [3.05, 3.63) is 0 Å². The second kappa shape index (κ2) is 5.68. The van der Waals surface area contributed by atoms with Gasteiger partial charge in [0.2, 0.25) is 0 Å². The van der Waals surface area contributed by atoms with E-state index in [9.17, 15) is 0 Å². The fourth-order valence-corrected chi connectivity index (χ4v) is 6.01. The Morgan fingerprint density at radius 2 is 1.75 bits per heavy atom. The zero-order valence-electron chi connectivity index (χ0n) is 11.3. The van der Waals surface area contributed by atoms with E-state index in [2.05, 4.69) is 25.3 Å². The highest BCUT2D eigenvalue weighted by Gasteiger charge is 2.33. The molecule has 0 bridgehead atoms. The predicted octanol–water partition coefficient (Wildman–Crippen LogP) is 3.42. The second-order valence-corrected chi connectivity index (χ2v) is 9.88. The van der Waals surface area contributed by atoms with Gasteiger partial charge in [-0.15, -0.1) is 0 Å². The third-order valence-corrected chi connectivity index (χ3v) is 7.65. The topological polar surface area (TPSA) is 12.0 Å². The lowest BCUT2D eigenvalue weighted by atomic mass is 9.78. The van der Waals surface area contributed by atoms with E-state index in [4.69, 9.17) is 0 Å². The fraction of sp³-hybridized carbons (Fsp3) is 1.00. The largest absolute Gasteiger partial charge is 0.314 e. The lowest BCUT2D eigenvalue weighted by Crippen LogP contribution is -2.48. The normalized spacial score (nSPS) is 37.9. The van der Waals surface area contributed by atoms with E-state index in [0.29, 0.717) is 0 Å². The molecule has 3 atom stereocenters. The molecular weight excluding hydrogens is 210 g/mol. The van der Waals surface area contributed by atoms with Gasteiger partial charge in [-0.1, -0.05) is 39.3 Å². The Kier molecular flexibility index (Phi) is 4.48. The first-order valence-electron chi connectivity index (χ1n) is 7.42. The molecule has 2 fully saturated rings. The highest BCUT2D eigenvalue weighted by Crippen LogP contribution is 2.35. The van der Waals surface area contributed by atoms with E-state index in [1.165, 1.54) is 45.1 Å². The summed E-state index contributed by atoms with van der Waals surface area (Å²) in [5, 5.41) is 3.89. The first kappa shape index (κ1) is 12.6. The predicted molar refractivity (Wildman–Crippen MR) is 74.8 cm³/mol. The minimum atomic E-state index is -0.442. The molecule has 16 heavy (non-hydrogen) atoms. The van der Waals surface area contributed by atoms with Gasteiger partial charge in [-0.2, -0.15) is 0 Å². The Balaban J connectivity index is 1.86. The Labute approximate surface area is 103 Å². The monoisotopic (exact) mass is 239 g/mol. The van der Waals surface area contributed by atoms with E-state index in [-0.39, 0.29) is 0 Å². The Hall–Kier alpha value is 0.177. The molecule has 0 amide bonds. The van der Waals surface area contributed by atoms with Gasteiger partial charge in [-0.3, -0.25) is 0 Å². The van der Waals surface area contributed by atoms with Crippen molar-refractivity contribution >= 4 is 8.80 Å². The van der Waals surface area contributed by atoms with Crippen LogP contribution in [0.5, 0.6) is 0 Å². The lowest BCUT2D eigenvalue weighted by molar-refractivity contribution is 0.203. The molecule has 3 unspecified atom stereocenters. The maximum Gasteiger partial charge on any atom is 0.0356 e. The first-order chi connectivity index (χ1) is 7.68. The van der Waals surface area contributed by atoms with Gasteiger partial charge in [0.25, 0.3) is 0 Å². The van der Waals surface area contributed by atoms with Crippen LogP contribution in [-0.4, -0.2) is 21.4 Å². The minimum absolute atomic E-state index is 0.442. The molecule has 1 saturated heterocycles. The molecule has 0 aromatic carbocycles. The van der Waals surface area contributed by atoms with Crippen molar-refractivity contribution in [2.24, 2.45) is 11.8 Å². The van der Waals surface area contributed by atoms with Gasteiger partial charge in [0.05, 0.1) is 0 Å². The van der Waals surface area contributed by atoms with E-state index in [1.807, 2.05) is 0 Å². The summed E-state index contributed by atoms with van der Waals surface area (Å²) >= 11 is 0. The molecule has 1 heterocycles. The summed E-state index contributed by atoms with van der Waals surface area (Å²) in [6.07, 6.45) is 8.91. The standard InChI is InChI=1S/C14H29NSi/c1-11-9-13(12-7-5-4-6-8-12)15-10-14(11)16(2)3/h11-16H,4-10H2,1-3H3. The van der Waals surface area contributed by atoms with Crippen LogP contribution in [0.1, 0.15) is 45.4 Å². The molecule has 2 heteroatoms.